The molecule has 1 saturated heterocycles. The smallest absolute Gasteiger partial charge is 0.176 e. The van der Waals surface area contributed by atoms with Crippen LogP contribution >= 0.6 is 22.9 Å². The Morgan fingerprint density at radius 1 is 0.905 bits per heavy atom. The number of hydrogen-bond donors (Lipinski definition) is 0. The fraction of sp³-hybridized carbons (Fsp3) is 0.265. The molecule has 3 heterocycles. The number of nitrogens with zero attached hydrogens (tertiary/aromatic N) is 3. The number of thiophene rings is 1. The topological polar surface area (TPSA) is 55.2 Å². The van der Waals surface area contributed by atoms with Gasteiger partial charge >= 0.3 is 0 Å². The van der Waals surface area contributed by atoms with E-state index in [2.05, 4.69) is 48.2 Å². The second-order valence-corrected chi connectivity index (χ2v) is 14.5. The van der Waals surface area contributed by atoms with Crippen molar-refractivity contribution in [2.24, 2.45) is 0 Å². The van der Waals surface area contributed by atoms with Crippen LogP contribution in [0.1, 0.15) is 48.5 Å². The van der Waals surface area contributed by atoms with Gasteiger partial charge in [0.1, 0.15) is 0 Å². The lowest BCUT2D eigenvalue weighted by atomic mass is 9.96. The average molecular weight is 616 g/mol. The van der Waals surface area contributed by atoms with Crippen molar-refractivity contribution >= 4 is 32.8 Å². The maximum atomic E-state index is 12.5. The van der Waals surface area contributed by atoms with E-state index in [1.54, 1.807) is 23.5 Å². The highest BCUT2D eigenvalue weighted by Crippen LogP contribution is 2.40. The van der Waals surface area contributed by atoms with Gasteiger partial charge in [-0.25, -0.2) is 13.1 Å². The molecule has 216 valence electrons. The normalized spacial score (nSPS) is 16.4. The lowest BCUT2D eigenvalue weighted by Gasteiger charge is -2.30. The Labute approximate surface area is 257 Å². The zero-order chi connectivity index (χ0) is 29.3. The Bertz CT molecular complexity index is 1830. The second kappa shape index (κ2) is 12.2. The number of aromatic nitrogens is 2. The van der Waals surface area contributed by atoms with Crippen LogP contribution in [-0.2, 0) is 16.4 Å². The van der Waals surface area contributed by atoms with E-state index in [4.69, 9.17) is 16.7 Å². The Balaban J connectivity index is 1.41. The van der Waals surface area contributed by atoms with E-state index in [1.807, 2.05) is 47.1 Å². The molecule has 1 aliphatic heterocycles. The SMILES string of the molecule is Cc1ccccc1C1CCCCCN1Cc1cc(-c2ccc(-c3ccccc3S(C)(=O)=O)s2)n(-c2ccccc2Cl)n1. The maximum absolute atomic E-state index is 12.5. The van der Waals surface area contributed by atoms with Crippen LogP contribution in [0.15, 0.2) is 95.9 Å². The largest absolute Gasteiger partial charge is 0.290 e. The molecule has 2 aromatic heterocycles. The first kappa shape index (κ1) is 28.9. The Morgan fingerprint density at radius 3 is 2.45 bits per heavy atom. The first-order chi connectivity index (χ1) is 20.3. The van der Waals surface area contributed by atoms with Crippen molar-refractivity contribution in [2.45, 2.75) is 50.1 Å². The van der Waals surface area contributed by atoms with Gasteiger partial charge in [0.15, 0.2) is 9.84 Å². The minimum Gasteiger partial charge on any atom is -0.290 e. The van der Waals surface area contributed by atoms with Gasteiger partial charge in [0.2, 0.25) is 0 Å². The Morgan fingerprint density at radius 2 is 1.64 bits per heavy atom. The molecule has 0 aliphatic carbocycles. The van der Waals surface area contributed by atoms with Gasteiger partial charge in [-0.15, -0.1) is 11.3 Å². The zero-order valence-electron chi connectivity index (χ0n) is 23.8. The second-order valence-electron chi connectivity index (χ2n) is 11.0. The quantitative estimate of drug-likeness (QED) is 0.184. The van der Waals surface area contributed by atoms with E-state index in [9.17, 15) is 8.42 Å². The number of benzene rings is 3. The lowest BCUT2D eigenvalue weighted by molar-refractivity contribution is 0.189. The molecule has 0 bridgehead atoms. The molecule has 3 aromatic carbocycles. The van der Waals surface area contributed by atoms with E-state index in [0.717, 1.165) is 46.3 Å². The molecular weight excluding hydrogens is 582 g/mol. The highest BCUT2D eigenvalue weighted by atomic mass is 35.5. The molecule has 5 aromatic rings. The fourth-order valence-electron chi connectivity index (χ4n) is 5.98. The third-order valence-corrected chi connectivity index (χ3v) is 10.6. The van der Waals surface area contributed by atoms with Crippen molar-refractivity contribution in [3.63, 3.8) is 0 Å². The van der Waals surface area contributed by atoms with Gasteiger partial charge in [0.25, 0.3) is 0 Å². The number of likely N-dealkylation sites (tertiary alicyclic amines) is 1. The van der Waals surface area contributed by atoms with Crippen LogP contribution in [0.3, 0.4) is 0 Å². The highest BCUT2D eigenvalue weighted by molar-refractivity contribution is 7.90. The molecule has 0 N–H and O–H groups in total. The van der Waals surface area contributed by atoms with Crippen LogP contribution in [0.4, 0.5) is 0 Å². The first-order valence-corrected chi connectivity index (χ1v) is 17.4. The standard InChI is InChI=1S/C34H34ClN3O2S2/c1-24-12-5-6-13-26(24)29-16-4-3-11-21-37(29)23-25-22-31(38(36-25)30-17-9-8-15-28(30)35)33-20-19-32(41-33)27-14-7-10-18-34(27)42(2,39)40/h5-10,12-15,17-20,22,29H,3-4,11,16,21,23H2,1-2H3. The predicted octanol–water partition coefficient (Wildman–Crippen LogP) is 8.75. The van der Waals surface area contributed by atoms with Crippen molar-refractivity contribution in [3.05, 3.63) is 113 Å². The number of halogens is 1. The predicted molar refractivity (Wildman–Crippen MR) is 173 cm³/mol. The summed E-state index contributed by atoms with van der Waals surface area (Å²) in [7, 11) is -3.37. The van der Waals surface area contributed by atoms with Crippen molar-refractivity contribution < 1.29 is 8.42 Å². The number of hydrogen-bond acceptors (Lipinski definition) is 5. The molecule has 6 rings (SSSR count). The molecule has 42 heavy (non-hydrogen) atoms. The minimum atomic E-state index is -3.37. The van der Waals surface area contributed by atoms with Gasteiger partial charge in [0.05, 0.1) is 31.9 Å². The van der Waals surface area contributed by atoms with Crippen molar-refractivity contribution in [3.8, 4) is 26.7 Å². The number of para-hydroxylation sites is 1. The third-order valence-electron chi connectivity index (χ3n) is 8.03. The molecule has 1 unspecified atom stereocenters. The van der Waals surface area contributed by atoms with Gasteiger partial charge in [-0.3, -0.25) is 4.90 Å². The molecule has 0 spiro atoms. The summed E-state index contributed by atoms with van der Waals surface area (Å²) >= 11 is 8.26. The van der Waals surface area contributed by atoms with Gasteiger partial charge in [0, 0.05) is 29.3 Å². The Hall–Kier alpha value is -3.23. The van der Waals surface area contributed by atoms with Crippen LogP contribution < -0.4 is 0 Å². The summed E-state index contributed by atoms with van der Waals surface area (Å²) in [6, 6.07) is 30.2. The van der Waals surface area contributed by atoms with Crippen LogP contribution in [0, 0.1) is 6.92 Å². The fourth-order valence-corrected chi connectivity index (χ4v) is 8.21. The van der Waals surface area contributed by atoms with Crippen LogP contribution in [-0.4, -0.2) is 35.9 Å². The van der Waals surface area contributed by atoms with Gasteiger partial charge in [-0.05, 0) is 73.8 Å². The van der Waals surface area contributed by atoms with Crippen LogP contribution in [0.2, 0.25) is 5.02 Å². The summed E-state index contributed by atoms with van der Waals surface area (Å²) in [5.74, 6) is 0. The van der Waals surface area contributed by atoms with Gasteiger partial charge < -0.3 is 0 Å². The first-order valence-electron chi connectivity index (χ1n) is 14.3. The van der Waals surface area contributed by atoms with Gasteiger partial charge in [-0.2, -0.15) is 5.10 Å². The minimum absolute atomic E-state index is 0.335. The molecule has 1 aliphatic rings. The molecule has 0 radical (unpaired) electrons. The Kier molecular flexibility index (Phi) is 8.37. The molecule has 5 nitrogen and oxygen atoms in total. The van der Waals surface area contributed by atoms with E-state index >= 15 is 0 Å². The van der Waals surface area contributed by atoms with E-state index in [-0.39, 0.29) is 0 Å². The summed E-state index contributed by atoms with van der Waals surface area (Å²) < 4.78 is 27.0. The molecule has 0 saturated carbocycles. The van der Waals surface area contributed by atoms with E-state index in [0.29, 0.717) is 21.5 Å². The molecule has 1 fully saturated rings. The summed E-state index contributed by atoms with van der Waals surface area (Å²) in [6.45, 7) is 3.97. The van der Waals surface area contributed by atoms with Crippen LogP contribution in [0.5, 0.6) is 0 Å². The number of rotatable bonds is 7. The van der Waals surface area contributed by atoms with Crippen molar-refractivity contribution in [1.29, 1.82) is 0 Å². The third kappa shape index (κ3) is 5.97. The van der Waals surface area contributed by atoms with Crippen LogP contribution in [0.25, 0.3) is 26.7 Å². The molecule has 8 heteroatoms. The number of aryl methyl sites for hydroxylation is 1. The maximum Gasteiger partial charge on any atom is 0.176 e. The van der Waals surface area contributed by atoms with Gasteiger partial charge in [-0.1, -0.05) is 79.0 Å². The molecule has 1 atom stereocenters. The van der Waals surface area contributed by atoms with Crippen molar-refractivity contribution in [1.82, 2.24) is 14.7 Å². The summed E-state index contributed by atoms with van der Waals surface area (Å²) in [5.41, 5.74) is 6.18. The summed E-state index contributed by atoms with van der Waals surface area (Å²) in [6.07, 6.45) is 6.03. The average Bonchev–Trinajstić information content (AvgIpc) is 3.56. The molecule has 0 amide bonds. The monoisotopic (exact) mass is 615 g/mol. The van der Waals surface area contributed by atoms with E-state index in [1.165, 1.54) is 36.6 Å². The molecular formula is C34H34ClN3O2S2. The summed E-state index contributed by atoms with van der Waals surface area (Å²) in [4.78, 5) is 4.81. The highest BCUT2D eigenvalue weighted by Gasteiger charge is 2.26. The zero-order valence-corrected chi connectivity index (χ0v) is 26.2. The summed E-state index contributed by atoms with van der Waals surface area (Å²) in [5, 5.41) is 5.76. The van der Waals surface area contributed by atoms with Crippen molar-refractivity contribution in [2.75, 3.05) is 12.8 Å². The van der Waals surface area contributed by atoms with E-state index < -0.39 is 9.84 Å². The number of sulfone groups is 1. The lowest BCUT2D eigenvalue weighted by Crippen LogP contribution is -2.29.